The number of amides is 1. The van der Waals surface area contributed by atoms with E-state index in [4.69, 9.17) is 9.84 Å². The number of aryl methyl sites for hydroxylation is 2. The van der Waals surface area contributed by atoms with Gasteiger partial charge < -0.3 is 14.7 Å². The van der Waals surface area contributed by atoms with Crippen molar-refractivity contribution < 1.29 is 19.4 Å². The van der Waals surface area contributed by atoms with Crippen LogP contribution in [0.2, 0.25) is 0 Å². The molecule has 6 heteroatoms. The molecule has 0 aromatic heterocycles. The molecule has 2 rings (SSSR count). The molecule has 1 amide bonds. The average molecular weight is 334 g/mol. The number of carbonyl (C=O) groups excluding carboxylic acids is 1. The van der Waals surface area contributed by atoms with Crippen LogP contribution >= 0.6 is 0 Å². The van der Waals surface area contributed by atoms with Crippen LogP contribution < -0.4 is 4.74 Å². The molecule has 2 atom stereocenters. The van der Waals surface area contributed by atoms with E-state index in [1.807, 2.05) is 36.9 Å². The third-order valence-electron chi connectivity index (χ3n) is 4.53. The monoisotopic (exact) mass is 334 g/mol. The second-order valence-corrected chi connectivity index (χ2v) is 6.40. The van der Waals surface area contributed by atoms with Gasteiger partial charge in [-0.2, -0.15) is 0 Å². The van der Waals surface area contributed by atoms with E-state index in [0.717, 1.165) is 16.9 Å². The summed E-state index contributed by atoms with van der Waals surface area (Å²) in [6, 6.07) is 5.41. The Bertz CT molecular complexity index is 609. The molecule has 0 saturated carbocycles. The van der Waals surface area contributed by atoms with Crippen molar-refractivity contribution in [1.29, 1.82) is 0 Å². The molecule has 1 heterocycles. The average Bonchev–Trinajstić information content (AvgIpc) is 2.56. The molecule has 0 spiro atoms. The Hall–Kier alpha value is -2.08. The summed E-state index contributed by atoms with van der Waals surface area (Å²) >= 11 is 0. The van der Waals surface area contributed by atoms with Crippen LogP contribution in [-0.4, -0.2) is 65.1 Å². The van der Waals surface area contributed by atoms with Gasteiger partial charge >= 0.3 is 5.97 Å². The number of nitrogens with zero attached hydrogens (tertiary/aromatic N) is 2. The SMILES string of the molecule is Cc1ccc(C)c(OC(C)C(=O)N2CCN(C(C)C(=O)O)CC2)c1. The van der Waals surface area contributed by atoms with E-state index in [-0.39, 0.29) is 5.91 Å². The predicted octanol–water partition coefficient (Wildman–Crippen LogP) is 1.69. The number of benzene rings is 1. The van der Waals surface area contributed by atoms with Gasteiger partial charge in [-0.3, -0.25) is 14.5 Å². The van der Waals surface area contributed by atoms with Gasteiger partial charge in [-0.1, -0.05) is 12.1 Å². The van der Waals surface area contributed by atoms with Crippen LogP contribution in [0.1, 0.15) is 25.0 Å². The fourth-order valence-corrected chi connectivity index (χ4v) is 2.82. The quantitative estimate of drug-likeness (QED) is 0.887. The highest BCUT2D eigenvalue weighted by atomic mass is 16.5. The molecule has 1 aromatic rings. The minimum Gasteiger partial charge on any atom is -0.481 e. The van der Waals surface area contributed by atoms with Crippen LogP contribution in [0.4, 0.5) is 0 Å². The number of carboxylic acid groups (broad SMARTS) is 1. The lowest BCUT2D eigenvalue weighted by Crippen LogP contribution is -2.55. The van der Waals surface area contributed by atoms with E-state index >= 15 is 0 Å². The van der Waals surface area contributed by atoms with Crippen LogP contribution in [-0.2, 0) is 9.59 Å². The molecule has 1 aliphatic heterocycles. The van der Waals surface area contributed by atoms with Gasteiger partial charge in [0, 0.05) is 26.2 Å². The van der Waals surface area contributed by atoms with Gasteiger partial charge in [-0.05, 0) is 44.9 Å². The summed E-state index contributed by atoms with van der Waals surface area (Å²) in [5.74, 6) is -0.158. The van der Waals surface area contributed by atoms with Crippen molar-refractivity contribution in [3.63, 3.8) is 0 Å². The number of rotatable bonds is 5. The maximum Gasteiger partial charge on any atom is 0.320 e. The summed E-state index contributed by atoms with van der Waals surface area (Å²) in [7, 11) is 0. The Morgan fingerprint density at radius 3 is 2.33 bits per heavy atom. The lowest BCUT2D eigenvalue weighted by atomic mass is 10.1. The van der Waals surface area contributed by atoms with Gasteiger partial charge in [0.25, 0.3) is 5.91 Å². The molecular weight excluding hydrogens is 308 g/mol. The van der Waals surface area contributed by atoms with Gasteiger partial charge in [0.1, 0.15) is 11.8 Å². The van der Waals surface area contributed by atoms with Crippen molar-refractivity contribution >= 4 is 11.9 Å². The largest absolute Gasteiger partial charge is 0.481 e. The van der Waals surface area contributed by atoms with Gasteiger partial charge in [0.05, 0.1) is 0 Å². The predicted molar refractivity (Wildman–Crippen MR) is 91.3 cm³/mol. The summed E-state index contributed by atoms with van der Waals surface area (Å²) in [6.45, 7) is 9.56. The number of ether oxygens (including phenoxy) is 1. The maximum atomic E-state index is 12.6. The molecule has 1 N–H and O–H groups in total. The van der Waals surface area contributed by atoms with E-state index in [9.17, 15) is 9.59 Å². The van der Waals surface area contributed by atoms with Gasteiger partial charge in [0.15, 0.2) is 6.10 Å². The van der Waals surface area contributed by atoms with Gasteiger partial charge in [-0.15, -0.1) is 0 Å². The molecule has 24 heavy (non-hydrogen) atoms. The van der Waals surface area contributed by atoms with Crippen LogP contribution in [0.25, 0.3) is 0 Å². The molecule has 1 saturated heterocycles. The molecule has 2 unspecified atom stereocenters. The van der Waals surface area contributed by atoms with Crippen molar-refractivity contribution in [1.82, 2.24) is 9.80 Å². The smallest absolute Gasteiger partial charge is 0.320 e. The van der Waals surface area contributed by atoms with Crippen LogP contribution in [0.3, 0.4) is 0 Å². The summed E-state index contributed by atoms with van der Waals surface area (Å²) in [5, 5.41) is 9.07. The van der Waals surface area contributed by atoms with E-state index in [1.165, 1.54) is 0 Å². The van der Waals surface area contributed by atoms with Crippen molar-refractivity contribution in [2.24, 2.45) is 0 Å². The van der Waals surface area contributed by atoms with E-state index in [0.29, 0.717) is 26.2 Å². The first-order valence-electron chi connectivity index (χ1n) is 8.29. The van der Waals surface area contributed by atoms with Crippen LogP contribution in [0.5, 0.6) is 5.75 Å². The highest BCUT2D eigenvalue weighted by Crippen LogP contribution is 2.21. The highest BCUT2D eigenvalue weighted by molar-refractivity contribution is 5.81. The highest BCUT2D eigenvalue weighted by Gasteiger charge is 2.29. The Balaban J connectivity index is 1.92. The Kier molecular flexibility index (Phi) is 5.83. The Labute approximate surface area is 143 Å². The standard InChI is InChI=1S/C18H26N2O4/c1-12-5-6-13(2)16(11-12)24-15(4)17(21)20-9-7-19(8-10-20)14(3)18(22)23/h5-6,11,14-15H,7-10H2,1-4H3,(H,22,23). The summed E-state index contributed by atoms with van der Waals surface area (Å²) < 4.78 is 5.85. The summed E-state index contributed by atoms with van der Waals surface area (Å²) in [5.41, 5.74) is 2.09. The molecule has 1 aliphatic rings. The molecule has 1 aromatic carbocycles. The zero-order valence-corrected chi connectivity index (χ0v) is 14.8. The van der Waals surface area contributed by atoms with Crippen LogP contribution in [0, 0.1) is 13.8 Å². The van der Waals surface area contributed by atoms with Crippen molar-refractivity contribution in [3.05, 3.63) is 29.3 Å². The van der Waals surface area contributed by atoms with Crippen LogP contribution in [0.15, 0.2) is 18.2 Å². The van der Waals surface area contributed by atoms with Gasteiger partial charge in [-0.25, -0.2) is 0 Å². The zero-order valence-electron chi connectivity index (χ0n) is 14.8. The second-order valence-electron chi connectivity index (χ2n) is 6.40. The number of carbonyl (C=O) groups is 2. The molecular formula is C18H26N2O4. The molecule has 1 fully saturated rings. The number of aliphatic carboxylic acids is 1. The normalized spacial score (nSPS) is 18.1. The fourth-order valence-electron chi connectivity index (χ4n) is 2.82. The van der Waals surface area contributed by atoms with Gasteiger partial charge in [0.2, 0.25) is 0 Å². The lowest BCUT2D eigenvalue weighted by molar-refractivity contribution is -0.145. The first-order valence-corrected chi connectivity index (χ1v) is 8.29. The first-order chi connectivity index (χ1) is 11.3. The summed E-state index contributed by atoms with van der Waals surface area (Å²) in [4.78, 5) is 27.2. The third-order valence-corrected chi connectivity index (χ3v) is 4.53. The van der Waals surface area contributed by atoms with E-state index < -0.39 is 18.1 Å². The summed E-state index contributed by atoms with van der Waals surface area (Å²) in [6.07, 6.45) is -0.561. The minimum atomic E-state index is -0.832. The fraction of sp³-hybridized carbons (Fsp3) is 0.556. The lowest BCUT2D eigenvalue weighted by Gasteiger charge is -2.37. The number of hydrogen-bond donors (Lipinski definition) is 1. The molecule has 0 aliphatic carbocycles. The number of hydrogen-bond acceptors (Lipinski definition) is 4. The number of carboxylic acids is 1. The maximum absolute atomic E-state index is 12.6. The molecule has 0 radical (unpaired) electrons. The zero-order chi connectivity index (χ0) is 17.9. The Morgan fingerprint density at radius 1 is 1.12 bits per heavy atom. The van der Waals surface area contributed by atoms with Crippen molar-refractivity contribution in [2.45, 2.75) is 39.8 Å². The molecule has 0 bridgehead atoms. The van der Waals surface area contributed by atoms with E-state index in [2.05, 4.69) is 0 Å². The van der Waals surface area contributed by atoms with Crippen molar-refractivity contribution in [2.75, 3.05) is 26.2 Å². The second kappa shape index (κ2) is 7.66. The first kappa shape index (κ1) is 18.3. The van der Waals surface area contributed by atoms with Crippen molar-refractivity contribution in [3.8, 4) is 5.75 Å². The number of piperazine rings is 1. The third kappa shape index (κ3) is 4.26. The molecule has 132 valence electrons. The van der Waals surface area contributed by atoms with E-state index in [1.54, 1.807) is 18.7 Å². The minimum absolute atomic E-state index is 0.0569. The molecule has 6 nitrogen and oxygen atoms in total. The Morgan fingerprint density at radius 2 is 1.75 bits per heavy atom. The topological polar surface area (TPSA) is 70.1 Å².